The Morgan fingerprint density at radius 1 is 1.10 bits per heavy atom. The van der Waals surface area contributed by atoms with Gasteiger partial charge in [-0.3, -0.25) is 0 Å². The number of hydrogen-bond acceptors (Lipinski definition) is 1. The number of nitrogens with one attached hydrogen (secondary N) is 2. The Hall–Kier alpha value is -2.36. The molecule has 104 valence electrons. The van der Waals surface area contributed by atoms with Crippen LogP contribution in [-0.2, 0) is 6.42 Å². The maximum atomic E-state index is 13.4. The van der Waals surface area contributed by atoms with Crippen molar-refractivity contribution in [1.29, 1.82) is 0 Å². The van der Waals surface area contributed by atoms with E-state index in [4.69, 9.17) is 0 Å². The van der Waals surface area contributed by atoms with Crippen LogP contribution in [0.4, 0.5) is 14.9 Å². The molecule has 0 aromatic heterocycles. The number of urea groups is 1. The Morgan fingerprint density at radius 2 is 1.80 bits per heavy atom. The van der Waals surface area contributed by atoms with Gasteiger partial charge in [0.2, 0.25) is 0 Å². The zero-order chi connectivity index (χ0) is 14.4. The third-order valence-corrected chi connectivity index (χ3v) is 2.95. The van der Waals surface area contributed by atoms with Gasteiger partial charge in [0.05, 0.1) is 0 Å². The van der Waals surface area contributed by atoms with E-state index in [1.807, 2.05) is 31.2 Å². The van der Waals surface area contributed by atoms with Gasteiger partial charge in [-0.05, 0) is 37.1 Å². The van der Waals surface area contributed by atoms with Gasteiger partial charge in [-0.2, -0.15) is 0 Å². The molecule has 0 aliphatic rings. The van der Waals surface area contributed by atoms with Crippen molar-refractivity contribution in [2.45, 2.75) is 13.3 Å². The second kappa shape index (κ2) is 6.70. The first-order valence-electron chi connectivity index (χ1n) is 6.50. The smallest absolute Gasteiger partial charge is 0.319 e. The Labute approximate surface area is 117 Å². The van der Waals surface area contributed by atoms with Crippen LogP contribution in [0.3, 0.4) is 0 Å². The maximum absolute atomic E-state index is 13.4. The number of rotatable bonds is 4. The van der Waals surface area contributed by atoms with Crippen LogP contribution in [0.2, 0.25) is 0 Å². The van der Waals surface area contributed by atoms with Crippen molar-refractivity contribution in [2.75, 3.05) is 11.9 Å². The number of halogens is 1. The van der Waals surface area contributed by atoms with Crippen molar-refractivity contribution in [1.82, 2.24) is 5.32 Å². The van der Waals surface area contributed by atoms with Crippen LogP contribution in [-0.4, -0.2) is 12.6 Å². The first kappa shape index (κ1) is 14.1. The highest BCUT2D eigenvalue weighted by Crippen LogP contribution is 2.08. The highest BCUT2D eigenvalue weighted by Gasteiger charge is 2.03. The molecule has 0 heterocycles. The summed E-state index contributed by atoms with van der Waals surface area (Å²) in [6.45, 7) is 2.37. The number of carbonyl (C=O) groups excluding carboxylic acids is 1. The predicted molar refractivity (Wildman–Crippen MR) is 78.3 cm³/mol. The van der Waals surface area contributed by atoms with Gasteiger partial charge in [-0.15, -0.1) is 0 Å². The first-order chi connectivity index (χ1) is 9.65. The number of anilines is 1. The fourth-order valence-corrected chi connectivity index (χ4v) is 1.82. The van der Waals surface area contributed by atoms with Gasteiger partial charge in [-0.1, -0.05) is 35.9 Å². The van der Waals surface area contributed by atoms with Gasteiger partial charge in [0.1, 0.15) is 5.82 Å². The molecule has 0 aliphatic carbocycles. The molecule has 2 rings (SSSR count). The van der Waals surface area contributed by atoms with Crippen LogP contribution in [0.5, 0.6) is 0 Å². The molecule has 0 atom stereocenters. The standard InChI is InChI=1S/C16H17FN2O/c1-12-6-8-14(9-7-12)19-16(20)18-11-10-13-4-2-3-5-15(13)17/h2-9H,10-11H2,1H3,(H2,18,19,20). The summed E-state index contributed by atoms with van der Waals surface area (Å²) in [5.41, 5.74) is 2.47. The molecule has 0 aliphatic heterocycles. The van der Waals surface area contributed by atoms with Crippen molar-refractivity contribution < 1.29 is 9.18 Å². The minimum absolute atomic E-state index is 0.242. The van der Waals surface area contributed by atoms with Crippen molar-refractivity contribution in [3.05, 3.63) is 65.5 Å². The van der Waals surface area contributed by atoms with Crippen LogP contribution in [0.25, 0.3) is 0 Å². The average Bonchev–Trinajstić information content (AvgIpc) is 2.43. The van der Waals surface area contributed by atoms with Crippen LogP contribution in [0.1, 0.15) is 11.1 Å². The van der Waals surface area contributed by atoms with E-state index in [0.717, 1.165) is 11.3 Å². The molecule has 2 amide bonds. The lowest BCUT2D eigenvalue weighted by molar-refractivity contribution is 0.252. The van der Waals surface area contributed by atoms with Crippen molar-refractivity contribution in [3.8, 4) is 0 Å². The SMILES string of the molecule is Cc1ccc(NC(=O)NCCc2ccccc2F)cc1. The van der Waals surface area contributed by atoms with E-state index >= 15 is 0 Å². The first-order valence-corrected chi connectivity index (χ1v) is 6.50. The number of benzene rings is 2. The molecular formula is C16H17FN2O. The third-order valence-electron chi connectivity index (χ3n) is 2.95. The zero-order valence-electron chi connectivity index (χ0n) is 11.3. The predicted octanol–water partition coefficient (Wildman–Crippen LogP) is 3.50. The van der Waals surface area contributed by atoms with Crippen molar-refractivity contribution in [2.24, 2.45) is 0 Å². The van der Waals surface area contributed by atoms with E-state index in [-0.39, 0.29) is 11.8 Å². The van der Waals surface area contributed by atoms with E-state index in [9.17, 15) is 9.18 Å². The lowest BCUT2D eigenvalue weighted by Gasteiger charge is -2.08. The fraction of sp³-hybridized carbons (Fsp3) is 0.188. The summed E-state index contributed by atoms with van der Waals surface area (Å²) in [5, 5.41) is 5.43. The molecule has 0 bridgehead atoms. The fourth-order valence-electron chi connectivity index (χ4n) is 1.82. The summed E-state index contributed by atoms with van der Waals surface area (Å²) in [5.74, 6) is -0.242. The molecule has 4 heteroatoms. The van der Waals surface area contributed by atoms with Gasteiger partial charge < -0.3 is 10.6 Å². The van der Waals surface area contributed by atoms with Crippen LogP contribution < -0.4 is 10.6 Å². The Kier molecular flexibility index (Phi) is 4.71. The monoisotopic (exact) mass is 272 g/mol. The number of amides is 2. The third kappa shape index (κ3) is 4.09. The molecule has 0 fully saturated rings. The second-order valence-electron chi connectivity index (χ2n) is 4.59. The summed E-state index contributed by atoms with van der Waals surface area (Å²) >= 11 is 0. The molecule has 2 aromatic carbocycles. The molecule has 0 saturated heterocycles. The van der Waals surface area contributed by atoms with Gasteiger partial charge in [0.15, 0.2) is 0 Å². The maximum Gasteiger partial charge on any atom is 0.319 e. The molecule has 2 N–H and O–H groups in total. The lowest BCUT2D eigenvalue weighted by Crippen LogP contribution is -2.30. The van der Waals surface area contributed by atoms with E-state index in [0.29, 0.717) is 18.5 Å². The quantitative estimate of drug-likeness (QED) is 0.878. The molecule has 0 unspecified atom stereocenters. The summed E-state index contributed by atoms with van der Waals surface area (Å²) in [4.78, 5) is 11.7. The second-order valence-corrected chi connectivity index (χ2v) is 4.59. The summed E-state index contributed by atoms with van der Waals surface area (Å²) < 4.78 is 13.4. The number of hydrogen-bond donors (Lipinski definition) is 2. The summed E-state index contributed by atoms with van der Waals surface area (Å²) in [7, 11) is 0. The van der Waals surface area contributed by atoms with Crippen LogP contribution >= 0.6 is 0 Å². The normalized spacial score (nSPS) is 10.1. The molecule has 20 heavy (non-hydrogen) atoms. The van der Waals surface area contributed by atoms with Gasteiger partial charge >= 0.3 is 6.03 Å². The topological polar surface area (TPSA) is 41.1 Å². The number of aryl methyl sites for hydroxylation is 1. The summed E-state index contributed by atoms with van der Waals surface area (Å²) in [6, 6.07) is 13.8. The highest BCUT2D eigenvalue weighted by atomic mass is 19.1. The van der Waals surface area contributed by atoms with Gasteiger partial charge in [0.25, 0.3) is 0 Å². The van der Waals surface area contributed by atoms with Crippen LogP contribution in [0, 0.1) is 12.7 Å². The zero-order valence-corrected chi connectivity index (χ0v) is 11.3. The number of carbonyl (C=O) groups is 1. The van der Waals surface area contributed by atoms with E-state index < -0.39 is 0 Å². The molecular weight excluding hydrogens is 255 g/mol. The Balaban J connectivity index is 1.78. The van der Waals surface area contributed by atoms with Crippen molar-refractivity contribution >= 4 is 11.7 Å². The average molecular weight is 272 g/mol. The lowest BCUT2D eigenvalue weighted by atomic mass is 10.1. The van der Waals surface area contributed by atoms with Gasteiger partial charge in [0, 0.05) is 12.2 Å². The minimum atomic E-state index is -0.287. The van der Waals surface area contributed by atoms with Crippen LogP contribution in [0.15, 0.2) is 48.5 Å². The highest BCUT2D eigenvalue weighted by molar-refractivity contribution is 5.89. The Bertz CT molecular complexity index is 581. The molecule has 0 radical (unpaired) electrons. The van der Waals surface area contributed by atoms with Gasteiger partial charge in [-0.25, -0.2) is 9.18 Å². The Morgan fingerprint density at radius 3 is 2.50 bits per heavy atom. The van der Waals surface area contributed by atoms with E-state index in [2.05, 4.69) is 10.6 Å². The molecule has 2 aromatic rings. The van der Waals surface area contributed by atoms with E-state index in [1.165, 1.54) is 6.07 Å². The van der Waals surface area contributed by atoms with E-state index in [1.54, 1.807) is 18.2 Å². The molecule has 0 spiro atoms. The minimum Gasteiger partial charge on any atom is -0.338 e. The van der Waals surface area contributed by atoms with Crippen molar-refractivity contribution in [3.63, 3.8) is 0 Å². The summed E-state index contributed by atoms with van der Waals surface area (Å²) in [6.07, 6.45) is 0.466. The molecule has 0 saturated carbocycles. The molecule has 3 nitrogen and oxygen atoms in total. The largest absolute Gasteiger partial charge is 0.338 e.